The first-order valence-electron chi connectivity index (χ1n) is 10.1. The monoisotopic (exact) mass is 463 g/mol. The van der Waals surface area contributed by atoms with Crippen molar-refractivity contribution >= 4 is 44.5 Å². The van der Waals surface area contributed by atoms with Gasteiger partial charge in [0.1, 0.15) is 21.7 Å². The number of aromatic nitrogens is 4. The Labute approximate surface area is 185 Å². The molecule has 2 aromatic heterocycles. The summed E-state index contributed by atoms with van der Waals surface area (Å²) in [5.41, 5.74) is 0.986. The Balaban J connectivity index is 1.41. The van der Waals surface area contributed by atoms with Crippen LogP contribution in [0.5, 0.6) is 0 Å². The zero-order valence-electron chi connectivity index (χ0n) is 17.6. The summed E-state index contributed by atoms with van der Waals surface area (Å²) in [5.74, 6) is 0.509. The largest absolute Gasteiger partial charge is 0.310 e. The number of carbonyl (C=O) groups is 1. The van der Waals surface area contributed by atoms with E-state index >= 15 is 0 Å². The Morgan fingerprint density at radius 1 is 1.10 bits per heavy atom. The summed E-state index contributed by atoms with van der Waals surface area (Å²) in [6, 6.07) is 6.50. The van der Waals surface area contributed by atoms with E-state index in [0.717, 1.165) is 11.7 Å². The molecular formula is C19H25N7O3S2. The topological polar surface area (TPSA) is 113 Å². The van der Waals surface area contributed by atoms with Crippen LogP contribution in [0.15, 0.2) is 35.4 Å². The van der Waals surface area contributed by atoms with Crippen molar-refractivity contribution in [2.75, 3.05) is 31.5 Å². The molecule has 1 amide bonds. The Morgan fingerprint density at radius 2 is 1.84 bits per heavy atom. The molecular weight excluding hydrogens is 438 g/mol. The van der Waals surface area contributed by atoms with Crippen molar-refractivity contribution in [1.29, 1.82) is 0 Å². The number of fused-ring (bicyclic) bond motifs is 1. The van der Waals surface area contributed by atoms with Gasteiger partial charge in [0.2, 0.25) is 15.9 Å². The molecule has 1 aromatic carbocycles. The molecule has 4 rings (SSSR count). The second-order valence-corrected chi connectivity index (χ2v) is 10.2. The average Bonchev–Trinajstić information content (AvgIpc) is 3.42. The minimum atomic E-state index is -3.69. The SMILES string of the molecule is CC(C(=O)Nc1ccnn1C(C)C)N1CCN(S(=O)(=O)c2cccc3nsnc23)CC1. The lowest BCUT2D eigenvalue weighted by molar-refractivity contribution is -0.121. The number of hydrogen-bond acceptors (Lipinski definition) is 8. The molecule has 1 aliphatic rings. The number of sulfonamides is 1. The standard InChI is InChI=1S/C19H25N7O3S2/c1-13(2)26-17(7-8-20-26)21-19(27)14(3)24-9-11-25(12-10-24)31(28,29)16-6-4-5-15-18(16)23-30-22-15/h4-8,13-14H,9-12H2,1-3H3,(H,21,27). The van der Waals surface area contributed by atoms with Gasteiger partial charge in [0, 0.05) is 38.3 Å². The fraction of sp³-hybridized carbons (Fsp3) is 0.474. The van der Waals surface area contributed by atoms with Crippen LogP contribution < -0.4 is 5.32 Å². The summed E-state index contributed by atoms with van der Waals surface area (Å²) < 4.78 is 37.8. The van der Waals surface area contributed by atoms with E-state index in [1.165, 1.54) is 4.31 Å². The lowest BCUT2D eigenvalue weighted by atomic mass is 10.2. The number of nitrogens with zero attached hydrogens (tertiary/aromatic N) is 6. The van der Waals surface area contributed by atoms with E-state index in [-0.39, 0.29) is 16.8 Å². The molecule has 0 aliphatic carbocycles. The molecule has 1 N–H and O–H groups in total. The maximum atomic E-state index is 13.2. The molecule has 1 saturated heterocycles. The van der Waals surface area contributed by atoms with Gasteiger partial charge in [0.25, 0.3) is 0 Å². The molecule has 12 heteroatoms. The van der Waals surface area contributed by atoms with Crippen LogP contribution in [0, 0.1) is 0 Å². The molecule has 1 atom stereocenters. The summed E-state index contributed by atoms with van der Waals surface area (Å²) >= 11 is 0.999. The van der Waals surface area contributed by atoms with Crippen LogP contribution >= 0.6 is 11.7 Å². The lowest BCUT2D eigenvalue weighted by Gasteiger charge is -2.36. The average molecular weight is 464 g/mol. The van der Waals surface area contributed by atoms with Crippen LogP contribution in [-0.4, -0.2) is 74.3 Å². The number of rotatable bonds is 6. The molecule has 1 unspecified atom stereocenters. The van der Waals surface area contributed by atoms with Crippen LogP contribution in [0.1, 0.15) is 26.8 Å². The number of anilines is 1. The van der Waals surface area contributed by atoms with Crippen LogP contribution in [0.25, 0.3) is 11.0 Å². The normalized spacial score (nSPS) is 17.3. The lowest BCUT2D eigenvalue weighted by Crippen LogP contribution is -2.54. The third-order valence-corrected chi connectivity index (χ3v) is 7.95. The smallest absolute Gasteiger partial charge is 0.245 e. The minimum Gasteiger partial charge on any atom is -0.310 e. The van der Waals surface area contributed by atoms with Gasteiger partial charge in [-0.05, 0) is 32.9 Å². The summed E-state index contributed by atoms with van der Waals surface area (Å²) in [5, 5.41) is 7.16. The molecule has 31 heavy (non-hydrogen) atoms. The summed E-state index contributed by atoms with van der Waals surface area (Å²) in [6.45, 7) is 7.35. The highest BCUT2D eigenvalue weighted by molar-refractivity contribution is 7.89. The number of carbonyl (C=O) groups excluding carboxylic acids is 1. The predicted molar refractivity (Wildman–Crippen MR) is 118 cm³/mol. The fourth-order valence-electron chi connectivity index (χ4n) is 3.68. The van der Waals surface area contributed by atoms with E-state index < -0.39 is 16.1 Å². The van der Waals surface area contributed by atoms with Gasteiger partial charge >= 0.3 is 0 Å². The molecule has 0 saturated carbocycles. The van der Waals surface area contributed by atoms with Crippen molar-refractivity contribution in [3.05, 3.63) is 30.5 Å². The molecule has 1 fully saturated rings. The van der Waals surface area contributed by atoms with Crippen LogP contribution in [0.3, 0.4) is 0 Å². The number of amides is 1. The van der Waals surface area contributed by atoms with Gasteiger partial charge in [-0.2, -0.15) is 18.2 Å². The third kappa shape index (κ3) is 4.20. The van der Waals surface area contributed by atoms with Crippen molar-refractivity contribution in [3.8, 4) is 0 Å². The van der Waals surface area contributed by atoms with Gasteiger partial charge in [-0.1, -0.05) is 6.07 Å². The highest BCUT2D eigenvalue weighted by Crippen LogP contribution is 2.25. The second kappa shape index (κ2) is 8.61. The molecule has 3 heterocycles. The maximum absolute atomic E-state index is 13.2. The molecule has 1 aliphatic heterocycles. The van der Waals surface area contributed by atoms with E-state index in [1.54, 1.807) is 35.1 Å². The van der Waals surface area contributed by atoms with Gasteiger partial charge in [-0.3, -0.25) is 9.69 Å². The molecule has 0 spiro atoms. The van der Waals surface area contributed by atoms with Crippen molar-refractivity contribution in [3.63, 3.8) is 0 Å². The van der Waals surface area contributed by atoms with Crippen LogP contribution in [0.4, 0.5) is 5.82 Å². The van der Waals surface area contributed by atoms with E-state index in [1.807, 2.05) is 25.7 Å². The van der Waals surface area contributed by atoms with E-state index in [2.05, 4.69) is 19.2 Å². The Morgan fingerprint density at radius 3 is 2.55 bits per heavy atom. The van der Waals surface area contributed by atoms with Crippen molar-refractivity contribution in [2.45, 2.75) is 37.8 Å². The van der Waals surface area contributed by atoms with E-state index in [4.69, 9.17) is 0 Å². The summed E-state index contributed by atoms with van der Waals surface area (Å²) in [4.78, 5) is 14.9. The molecule has 0 radical (unpaired) electrons. The van der Waals surface area contributed by atoms with Gasteiger partial charge in [0.15, 0.2) is 0 Å². The summed E-state index contributed by atoms with van der Waals surface area (Å²) in [7, 11) is -3.69. The van der Waals surface area contributed by atoms with Crippen molar-refractivity contribution < 1.29 is 13.2 Å². The zero-order valence-corrected chi connectivity index (χ0v) is 19.2. The van der Waals surface area contributed by atoms with Crippen molar-refractivity contribution in [2.24, 2.45) is 0 Å². The number of hydrogen-bond donors (Lipinski definition) is 1. The first-order valence-corrected chi connectivity index (χ1v) is 12.3. The Hall–Kier alpha value is -2.41. The fourth-order valence-corrected chi connectivity index (χ4v) is 5.86. The molecule has 166 valence electrons. The second-order valence-electron chi connectivity index (χ2n) is 7.75. The van der Waals surface area contributed by atoms with Gasteiger partial charge < -0.3 is 5.32 Å². The summed E-state index contributed by atoms with van der Waals surface area (Å²) in [6.07, 6.45) is 1.66. The molecule has 3 aromatic rings. The number of nitrogens with one attached hydrogen (secondary N) is 1. The number of piperazine rings is 1. The van der Waals surface area contributed by atoms with Gasteiger partial charge in [-0.25, -0.2) is 13.1 Å². The highest BCUT2D eigenvalue weighted by atomic mass is 32.2. The van der Waals surface area contributed by atoms with Crippen LogP contribution in [-0.2, 0) is 14.8 Å². The first kappa shape index (κ1) is 21.8. The van der Waals surface area contributed by atoms with Crippen molar-refractivity contribution in [1.82, 2.24) is 27.7 Å². The molecule has 0 bridgehead atoms. The maximum Gasteiger partial charge on any atom is 0.245 e. The van der Waals surface area contributed by atoms with Gasteiger partial charge in [-0.15, -0.1) is 0 Å². The van der Waals surface area contributed by atoms with E-state index in [9.17, 15) is 13.2 Å². The quantitative estimate of drug-likeness (QED) is 0.593. The molecule has 10 nitrogen and oxygen atoms in total. The van der Waals surface area contributed by atoms with E-state index in [0.29, 0.717) is 43.0 Å². The first-order chi connectivity index (χ1) is 14.8. The van der Waals surface area contributed by atoms with Crippen LogP contribution in [0.2, 0.25) is 0 Å². The van der Waals surface area contributed by atoms with Gasteiger partial charge in [0.05, 0.1) is 24.0 Å². The Kier molecular flexibility index (Phi) is 6.06. The Bertz CT molecular complexity index is 1180. The minimum absolute atomic E-state index is 0.131. The number of benzene rings is 1. The predicted octanol–water partition coefficient (Wildman–Crippen LogP) is 1.80. The zero-order chi connectivity index (χ0) is 22.2. The highest BCUT2D eigenvalue weighted by Gasteiger charge is 2.33. The third-order valence-electron chi connectivity index (χ3n) is 5.48.